The van der Waals surface area contributed by atoms with Crippen molar-refractivity contribution in [2.45, 2.75) is 26.7 Å². The largest absolute Gasteiger partial charge is 0.495 e. The normalized spacial score (nSPS) is 19.7. The molecule has 2 aromatic rings. The molecule has 5 nitrogen and oxygen atoms in total. The SMILES string of the molecule is COc1ccc(C)cc1N1C(=O)C(c2ccc(Cl)cc2)=C(N2CCCC(C)C2)C1=O. The van der Waals surface area contributed by atoms with Gasteiger partial charge in [-0.15, -0.1) is 0 Å². The van der Waals surface area contributed by atoms with Crippen molar-refractivity contribution in [3.63, 3.8) is 0 Å². The average molecular weight is 425 g/mol. The van der Waals surface area contributed by atoms with Gasteiger partial charge in [0, 0.05) is 18.1 Å². The number of methoxy groups -OCH3 is 1. The number of nitrogens with zero attached hydrogens (tertiary/aromatic N) is 2. The molecule has 1 atom stereocenters. The van der Waals surface area contributed by atoms with E-state index >= 15 is 0 Å². The quantitative estimate of drug-likeness (QED) is 0.669. The van der Waals surface area contributed by atoms with Gasteiger partial charge in [0.1, 0.15) is 11.4 Å². The second kappa shape index (κ2) is 8.15. The van der Waals surface area contributed by atoms with Crippen LogP contribution >= 0.6 is 11.6 Å². The maximum absolute atomic E-state index is 13.7. The van der Waals surface area contributed by atoms with Crippen LogP contribution in [0.4, 0.5) is 5.69 Å². The summed E-state index contributed by atoms with van der Waals surface area (Å²) in [6.07, 6.45) is 2.12. The van der Waals surface area contributed by atoms with E-state index in [1.807, 2.05) is 19.1 Å². The van der Waals surface area contributed by atoms with Gasteiger partial charge in [-0.3, -0.25) is 9.59 Å². The number of piperidine rings is 1. The van der Waals surface area contributed by atoms with E-state index in [0.717, 1.165) is 31.5 Å². The van der Waals surface area contributed by atoms with E-state index in [2.05, 4.69) is 11.8 Å². The Bertz CT molecular complexity index is 1030. The summed E-state index contributed by atoms with van der Waals surface area (Å²) in [7, 11) is 1.54. The van der Waals surface area contributed by atoms with Gasteiger partial charge < -0.3 is 9.64 Å². The lowest BCUT2D eigenvalue weighted by molar-refractivity contribution is -0.120. The highest BCUT2D eigenvalue weighted by atomic mass is 35.5. The number of carbonyl (C=O) groups excluding carboxylic acids is 2. The summed E-state index contributed by atoms with van der Waals surface area (Å²) in [6, 6.07) is 12.6. The maximum Gasteiger partial charge on any atom is 0.282 e. The minimum absolute atomic E-state index is 0.303. The van der Waals surface area contributed by atoms with Crippen LogP contribution in [-0.4, -0.2) is 36.9 Å². The van der Waals surface area contributed by atoms with Crippen LogP contribution in [0.2, 0.25) is 5.02 Å². The molecule has 0 spiro atoms. The average Bonchev–Trinajstić information content (AvgIpc) is 2.98. The molecule has 0 aromatic heterocycles. The smallest absolute Gasteiger partial charge is 0.282 e. The molecule has 0 bridgehead atoms. The molecule has 2 aliphatic rings. The van der Waals surface area contributed by atoms with Gasteiger partial charge >= 0.3 is 0 Å². The fourth-order valence-electron chi connectivity index (χ4n) is 4.27. The molecule has 2 amide bonds. The van der Waals surface area contributed by atoms with Crippen molar-refractivity contribution < 1.29 is 14.3 Å². The number of hydrogen-bond donors (Lipinski definition) is 0. The summed E-state index contributed by atoms with van der Waals surface area (Å²) in [4.78, 5) is 30.6. The Kier molecular flexibility index (Phi) is 5.56. The lowest BCUT2D eigenvalue weighted by Crippen LogP contribution is -2.39. The third kappa shape index (κ3) is 3.58. The van der Waals surface area contributed by atoms with Crippen LogP contribution in [0.3, 0.4) is 0 Å². The first-order valence-electron chi connectivity index (χ1n) is 10.2. The van der Waals surface area contributed by atoms with E-state index in [1.54, 1.807) is 37.4 Å². The van der Waals surface area contributed by atoms with Crippen molar-refractivity contribution in [1.82, 2.24) is 4.90 Å². The van der Waals surface area contributed by atoms with Crippen molar-refractivity contribution in [2.24, 2.45) is 5.92 Å². The van der Waals surface area contributed by atoms with Gasteiger partial charge in [-0.05, 0) is 61.1 Å². The van der Waals surface area contributed by atoms with Gasteiger partial charge in [0.2, 0.25) is 0 Å². The number of carbonyl (C=O) groups is 2. The summed E-state index contributed by atoms with van der Waals surface area (Å²) < 4.78 is 5.47. The Hall–Kier alpha value is -2.79. The van der Waals surface area contributed by atoms with Crippen LogP contribution in [0.5, 0.6) is 5.75 Å². The Balaban J connectivity index is 1.86. The first-order valence-corrected chi connectivity index (χ1v) is 10.6. The summed E-state index contributed by atoms with van der Waals surface area (Å²) in [5.41, 5.74) is 3.00. The van der Waals surface area contributed by atoms with Gasteiger partial charge in [-0.25, -0.2) is 4.90 Å². The van der Waals surface area contributed by atoms with E-state index in [-0.39, 0.29) is 11.8 Å². The van der Waals surface area contributed by atoms with Crippen molar-refractivity contribution in [3.8, 4) is 5.75 Å². The Morgan fingerprint density at radius 1 is 1.07 bits per heavy atom. The second-order valence-electron chi connectivity index (χ2n) is 8.04. The zero-order valence-electron chi connectivity index (χ0n) is 17.4. The summed E-state index contributed by atoms with van der Waals surface area (Å²) in [5, 5.41) is 0.585. The standard InChI is InChI=1S/C24H25ClN2O3/c1-15-6-11-20(30-3)19(13-15)27-23(28)21(17-7-9-18(25)10-8-17)22(24(27)29)26-12-4-5-16(2)14-26/h6-11,13,16H,4-5,12,14H2,1-3H3. The molecule has 1 saturated heterocycles. The number of halogens is 1. The monoisotopic (exact) mass is 424 g/mol. The Morgan fingerprint density at radius 3 is 2.47 bits per heavy atom. The zero-order valence-corrected chi connectivity index (χ0v) is 18.2. The molecule has 0 saturated carbocycles. The van der Waals surface area contributed by atoms with Crippen LogP contribution in [0.1, 0.15) is 30.9 Å². The van der Waals surface area contributed by atoms with Crippen LogP contribution < -0.4 is 9.64 Å². The molecule has 2 aromatic carbocycles. The fourth-order valence-corrected chi connectivity index (χ4v) is 4.40. The highest BCUT2D eigenvalue weighted by Crippen LogP contribution is 2.40. The molecule has 0 aliphatic carbocycles. The minimum Gasteiger partial charge on any atom is -0.495 e. The Morgan fingerprint density at radius 2 is 1.80 bits per heavy atom. The van der Waals surface area contributed by atoms with E-state index < -0.39 is 0 Å². The molecule has 1 fully saturated rings. The number of ether oxygens (including phenoxy) is 1. The van der Waals surface area contributed by atoms with Crippen LogP contribution in [0.25, 0.3) is 5.57 Å². The Labute approximate surface area is 181 Å². The third-order valence-corrected chi connectivity index (χ3v) is 5.99. The number of likely N-dealkylation sites (tertiary alicyclic amines) is 1. The number of amides is 2. The first-order chi connectivity index (χ1) is 14.4. The number of hydrogen-bond acceptors (Lipinski definition) is 4. The minimum atomic E-state index is -0.334. The van der Waals surface area contributed by atoms with Crippen molar-refractivity contribution in [1.29, 1.82) is 0 Å². The van der Waals surface area contributed by atoms with E-state index in [0.29, 0.717) is 39.2 Å². The van der Waals surface area contributed by atoms with Crippen molar-refractivity contribution in [2.75, 3.05) is 25.1 Å². The molecule has 156 valence electrons. The number of anilines is 1. The maximum atomic E-state index is 13.7. The molecule has 30 heavy (non-hydrogen) atoms. The molecule has 2 heterocycles. The van der Waals surface area contributed by atoms with Gasteiger partial charge in [0.15, 0.2) is 0 Å². The second-order valence-corrected chi connectivity index (χ2v) is 8.48. The predicted octanol–water partition coefficient (Wildman–Crippen LogP) is 4.67. The van der Waals surface area contributed by atoms with Gasteiger partial charge in [0.05, 0.1) is 18.4 Å². The molecule has 0 radical (unpaired) electrons. The van der Waals surface area contributed by atoms with Crippen molar-refractivity contribution >= 4 is 34.7 Å². The fraction of sp³-hybridized carbons (Fsp3) is 0.333. The van der Waals surface area contributed by atoms with Crippen LogP contribution in [-0.2, 0) is 9.59 Å². The highest BCUT2D eigenvalue weighted by molar-refractivity contribution is 6.45. The molecule has 4 rings (SSSR count). The van der Waals surface area contributed by atoms with E-state index in [4.69, 9.17) is 16.3 Å². The summed E-state index contributed by atoms with van der Waals surface area (Å²) >= 11 is 6.06. The number of imide groups is 1. The van der Waals surface area contributed by atoms with Crippen LogP contribution in [0.15, 0.2) is 48.2 Å². The molecular weight excluding hydrogens is 400 g/mol. The molecule has 2 aliphatic heterocycles. The van der Waals surface area contributed by atoms with Crippen molar-refractivity contribution in [3.05, 3.63) is 64.3 Å². The van der Waals surface area contributed by atoms with Gasteiger partial charge in [-0.2, -0.15) is 0 Å². The van der Waals surface area contributed by atoms with E-state index in [9.17, 15) is 9.59 Å². The topological polar surface area (TPSA) is 49.9 Å². The molecule has 6 heteroatoms. The number of rotatable bonds is 4. The first kappa shape index (κ1) is 20.5. The molecule has 1 unspecified atom stereocenters. The predicted molar refractivity (Wildman–Crippen MR) is 119 cm³/mol. The summed E-state index contributed by atoms with van der Waals surface area (Å²) in [6.45, 7) is 5.62. The van der Waals surface area contributed by atoms with Gasteiger partial charge in [0.25, 0.3) is 11.8 Å². The lowest BCUT2D eigenvalue weighted by Gasteiger charge is -2.33. The highest BCUT2D eigenvalue weighted by Gasteiger charge is 2.44. The summed E-state index contributed by atoms with van der Waals surface area (Å²) in [5.74, 6) is 0.316. The lowest BCUT2D eigenvalue weighted by atomic mass is 9.98. The van der Waals surface area contributed by atoms with Crippen LogP contribution in [0, 0.1) is 12.8 Å². The van der Waals surface area contributed by atoms with Gasteiger partial charge in [-0.1, -0.05) is 36.7 Å². The number of aryl methyl sites for hydroxylation is 1. The number of benzene rings is 2. The molecular formula is C24H25ClN2O3. The zero-order chi connectivity index (χ0) is 21.4. The molecule has 0 N–H and O–H groups in total. The third-order valence-electron chi connectivity index (χ3n) is 5.74. The van der Waals surface area contributed by atoms with E-state index in [1.165, 1.54) is 4.90 Å².